The smallest absolute Gasteiger partial charge is 0.193 e. The predicted octanol–water partition coefficient (Wildman–Crippen LogP) is 4.08. The van der Waals surface area contributed by atoms with E-state index in [1.807, 2.05) is 18.2 Å². The Bertz CT molecular complexity index is 404. The lowest BCUT2D eigenvalue weighted by atomic mass is 10.3. The summed E-state index contributed by atoms with van der Waals surface area (Å²) < 4.78 is 5.35. The number of furan rings is 1. The van der Waals surface area contributed by atoms with E-state index < -0.39 is 0 Å². The van der Waals surface area contributed by atoms with Gasteiger partial charge in [0.05, 0.1) is 6.26 Å². The van der Waals surface area contributed by atoms with Crippen LogP contribution in [0.1, 0.15) is 38.4 Å². The van der Waals surface area contributed by atoms with Crippen molar-refractivity contribution in [2.45, 2.75) is 39.0 Å². The molecule has 0 spiro atoms. The van der Waals surface area contributed by atoms with Crippen molar-refractivity contribution in [3.05, 3.63) is 36.8 Å². The van der Waals surface area contributed by atoms with Crippen LogP contribution in [-0.4, -0.2) is 37.5 Å². The van der Waals surface area contributed by atoms with E-state index in [0.29, 0.717) is 0 Å². The highest BCUT2D eigenvalue weighted by Gasteiger charge is 2.06. The fourth-order valence-corrected chi connectivity index (χ4v) is 1.99. The van der Waals surface area contributed by atoms with Gasteiger partial charge in [0.1, 0.15) is 5.76 Å². The quantitative estimate of drug-likeness (QED) is 0.204. The standard InChI is InChI=1S/C17H29N3O.HI/c1-4-6-8-14-20(3)17(18-12-7-5-2)19-13-11-16-10-9-15-21-16;/h4,9-10,15H,1,5-8,11-14H2,2-3H3,(H,18,19);1H. The second-order valence-electron chi connectivity index (χ2n) is 5.17. The molecule has 0 radical (unpaired) electrons. The minimum atomic E-state index is 0. The molecule has 1 aromatic rings. The Morgan fingerprint density at radius 1 is 1.45 bits per heavy atom. The number of rotatable bonds is 10. The summed E-state index contributed by atoms with van der Waals surface area (Å²) in [7, 11) is 2.09. The Hall–Kier alpha value is -0.980. The van der Waals surface area contributed by atoms with E-state index in [1.54, 1.807) is 6.26 Å². The predicted molar refractivity (Wildman–Crippen MR) is 105 cm³/mol. The van der Waals surface area contributed by atoms with Crippen molar-refractivity contribution >= 4 is 29.9 Å². The second-order valence-corrected chi connectivity index (χ2v) is 5.17. The molecule has 0 aromatic carbocycles. The Morgan fingerprint density at radius 3 is 2.91 bits per heavy atom. The molecule has 126 valence electrons. The van der Waals surface area contributed by atoms with E-state index in [0.717, 1.165) is 57.0 Å². The van der Waals surface area contributed by atoms with Crippen LogP contribution in [0.15, 0.2) is 40.5 Å². The maximum absolute atomic E-state index is 5.35. The third-order valence-corrected chi connectivity index (χ3v) is 3.27. The number of guanidine groups is 1. The van der Waals surface area contributed by atoms with Gasteiger partial charge in [-0.05, 0) is 31.4 Å². The SMILES string of the molecule is C=CCCCN(C)C(=NCCCC)NCCc1ccco1.I. The topological polar surface area (TPSA) is 40.8 Å². The molecule has 0 bridgehead atoms. The maximum atomic E-state index is 5.35. The summed E-state index contributed by atoms with van der Waals surface area (Å²) in [5, 5.41) is 3.43. The van der Waals surface area contributed by atoms with Crippen molar-refractivity contribution in [2.75, 3.05) is 26.7 Å². The molecule has 1 rings (SSSR count). The molecule has 0 aliphatic rings. The van der Waals surface area contributed by atoms with Gasteiger partial charge < -0.3 is 14.6 Å². The first kappa shape index (κ1) is 21.0. The van der Waals surface area contributed by atoms with Crippen LogP contribution in [0.5, 0.6) is 0 Å². The lowest BCUT2D eigenvalue weighted by Crippen LogP contribution is -2.40. The van der Waals surface area contributed by atoms with E-state index in [9.17, 15) is 0 Å². The van der Waals surface area contributed by atoms with Gasteiger partial charge in [-0.1, -0.05) is 19.4 Å². The van der Waals surface area contributed by atoms with Gasteiger partial charge in [-0.2, -0.15) is 0 Å². The monoisotopic (exact) mass is 419 g/mol. The Kier molecular flexibility index (Phi) is 13.1. The van der Waals surface area contributed by atoms with Crippen molar-refractivity contribution in [3.63, 3.8) is 0 Å². The molecule has 0 saturated heterocycles. The summed E-state index contributed by atoms with van der Waals surface area (Å²) in [5.74, 6) is 1.99. The number of nitrogens with one attached hydrogen (secondary N) is 1. The second kappa shape index (κ2) is 13.7. The normalized spacial score (nSPS) is 10.9. The number of aliphatic imine (C=N–C) groups is 1. The number of allylic oxidation sites excluding steroid dienone is 1. The zero-order chi connectivity index (χ0) is 15.3. The molecule has 0 amide bonds. The van der Waals surface area contributed by atoms with Crippen molar-refractivity contribution in [1.29, 1.82) is 0 Å². The van der Waals surface area contributed by atoms with Crippen LogP contribution in [0, 0.1) is 0 Å². The number of nitrogens with zero attached hydrogens (tertiary/aromatic N) is 2. The zero-order valence-electron chi connectivity index (χ0n) is 13.9. The molecule has 4 nitrogen and oxygen atoms in total. The molecule has 1 N–H and O–H groups in total. The number of hydrogen-bond donors (Lipinski definition) is 1. The Balaban J connectivity index is 0.00000441. The average Bonchev–Trinajstić information content (AvgIpc) is 2.99. The lowest BCUT2D eigenvalue weighted by Gasteiger charge is -2.22. The average molecular weight is 419 g/mol. The van der Waals surface area contributed by atoms with Gasteiger partial charge in [-0.15, -0.1) is 30.6 Å². The minimum Gasteiger partial charge on any atom is -0.469 e. The van der Waals surface area contributed by atoms with E-state index in [-0.39, 0.29) is 24.0 Å². The molecular formula is C17H30IN3O. The summed E-state index contributed by atoms with van der Waals surface area (Å²) in [6.07, 6.45) is 9.00. The maximum Gasteiger partial charge on any atom is 0.193 e. The molecule has 0 aliphatic carbocycles. The first-order chi connectivity index (χ1) is 10.3. The van der Waals surface area contributed by atoms with E-state index in [2.05, 4.69) is 35.8 Å². The van der Waals surface area contributed by atoms with Crippen molar-refractivity contribution < 1.29 is 4.42 Å². The summed E-state index contributed by atoms with van der Waals surface area (Å²) in [6, 6.07) is 3.93. The largest absolute Gasteiger partial charge is 0.469 e. The van der Waals surface area contributed by atoms with Gasteiger partial charge in [-0.25, -0.2) is 0 Å². The highest BCUT2D eigenvalue weighted by Crippen LogP contribution is 2.00. The number of halogens is 1. The third-order valence-electron chi connectivity index (χ3n) is 3.27. The fourth-order valence-electron chi connectivity index (χ4n) is 1.99. The zero-order valence-corrected chi connectivity index (χ0v) is 16.2. The van der Waals surface area contributed by atoms with Gasteiger partial charge in [0, 0.05) is 33.1 Å². The molecular weight excluding hydrogens is 389 g/mol. The molecule has 1 heterocycles. The highest BCUT2D eigenvalue weighted by atomic mass is 127. The van der Waals surface area contributed by atoms with Crippen molar-refractivity contribution in [1.82, 2.24) is 10.2 Å². The summed E-state index contributed by atoms with van der Waals surface area (Å²) in [4.78, 5) is 6.88. The van der Waals surface area contributed by atoms with Crippen LogP contribution in [0.25, 0.3) is 0 Å². The molecule has 0 unspecified atom stereocenters. The molecule has 0 atom stereocenters. The van der Waals surface area contributed by atoms with Crippen LogP contribution in [0.4, 0.5) is 0 Å². The number of unbranched alkanes of at least 4 members (excludes halogenated alkanes) is 2. The van der Waals surface area contributed by atoms with Crippen LogP contribution < -0.4 is 5.32 Å². The molecule has 22 heavy (non-hydrogen) atoms. The van der Waals surface area contributed by atoms with E-state index in [1.165, 1.54) is 6.42 Å². The molecule has 0 aliphatic heterocycles. The van der Waals surface area contributed by atoms with Gasteiger partial charge in [0.2, 0.25) is 0 Å². The van der Waals surface area contributed by atoms with Gasteiger partial charge in [-0.3, -0.25) is 4.99 Å². The first-order valence-corrected chi connectivity index (χ1v) is 7.90. The van der Waals surface area contributed by atoms with Crippen molar-refractivity contribution in [3.8, 4) is 0 Å². The van der Waals surface area contributed by atoms with Crippen LogP contribution in [-0.2, 0) is 6.42 Å². The van der Waals surface area contributed by atoms with Crippen molar-refractivity contribution in [2.24, 2.45) is 4.99 Å². The molecule has 1 aromatic heterocycles. The summed E-state index contributed by atoms with van der Waals surface area (Å²) in [5.41, 5.74) is 0. The minimum absolute atomic E-state index is 0. The molecule has 0 fully saturated rings. The third kappa shape index (κ3) is 9.12. The van der Waals surface area contributed by atoms with Crippen LogP contribution in [0.3, 0.4) is 0 Å². The van der Waals surface area contributed by atoms with Crippen LogP contribution >= 0.6 is 24.0 Å². The highest BCUT2D eigenvalue weighted by molar-refractivity contribution is 14.0. The fraction of sp³-hybridized carbons (Fsp3) is 0.588. The lowest BCUT2D eigenvalue weighted by molar-refractivity contribution is 0.462. The van der Waals surface area contributed by atoms with Gasteiger partial charge in [0.25, 0.3) is 0 Å². The summed E-state index contributed by atoms with van der Waals surface area (Å²) >= 11 is 0. The van der Waals surface area contributed by atoms with E-state index in [4.69, 9.17) is 4.42 Å². The Morgan fingerprint density at radius 2 is 2.27 bits per heavy atom. The first-order valence-electron chi connectivity index (χ1n) is 7.90. The van der Waals surface area contributed by atoms with Crippen LogP contribution in [0.2, 0.25) is 0 Å². The Labute approximate surface area is 152 Å². The van der Waals surface area contributed by atoms with Gasteiger partial charge in [0.15, 0.2) is 5.96 Å². The summed E-state index contributed by atoms with van der Waals surface area (Å²) in [6.45, 7) is 8.66. The number of hydrogen-bond acceptors (Lipinski definition) is 2. The van der Waals surface area contributed by atoms with Gasteiger partial charge >= 0.3 is 0 Å². The molecule has 5 heteroatoms. The van der Waals surface area contributed by atoms with E-state index >= 15 is 0 Å². The molecule has 0 saturated carbocycles.